The first-order valence-corrected chi connectivity index (χ1v) is 6.37. The Balaban J connectivity index is 1.74. The monoisotopic (exact) mass is 226 g/mol. The smallest absolute Gasteiger partial charge is 0.224 e. The molecule has 0 bridgehead atoms. The minimum Gasteiger partial charge on any atom is -0.379 e. The fraction of sp³-hybridized carbons (Fsp3) is 0.917. The van der Waals surface area contributed by atoms with Gasteiger partial charge in [0.25, 0.3) is 0 Å². The minimum atomic E-state index is 0.151. The van der Waals surface area contributed by atoms with E-state index in [0.717, 1.165) is 38.8 Å². The van der Waals surface area contributed by atoms with E-state index in [2.05, 4.69) is 17.6 Å². The summed E-state index contributed by atoms with van der Waals surface area (Å²) in [4.78, 5) is 12.0. The van der Waals surface area contributed by atoms with Crippen LogP contribution in [0.1, 0.15) is 32.6 Å². The van der Waals surface area contributed by atoms with Crippen molar-refractivity contribution in [3.63, 3.8) is 0 Å². The SMILES string of the molecule is CC1CCC(C(=O)NC2CCCOC2)CN1. The summed E-state index contributed by atoms with van der Waals surface area (Å²) in [5.74, 6) is 0.355. The molecule has 0 radical (unpaired) electrons. The number of piperidine rings is 1. The predicted molar refractivity (Wildman–Crippen MR) is 62.2 cm³/mol. The van der Waals surface area contributed by atoms with E-state index in [0.29, 0.717) is 12.6 Å². The zero-order valence-electron chi connectivity index (χ0n) is 10.00. The van der Waals surface area contributed by atoms with Crippen LogP contribution >= 0.6 is 0 Å². The molecule has 4 heteroatoms. The maximum atomic E-state index is 12.0. The summed E-state index contributed by atoms with van der Waals surface area (Å²) < 4.78 is 5.36. The summed E-state index contributed by atoms with van der Waals surface area (Å²) in [6.45, 7) is 4.51. The van der Waals surface area contributed by atoms with Crippen molar-refractivity contribution in [2.24, 2.45) is 5.92 Å². The molecule has 2 rings (SSSR count). The molecule has 0 aromatic heterocycles. The lowest BCUT2D eigenvalue weighted by Gasteiger charge is -2.29. The second-order valence-electron chi connectivity index (χ2n) is 5.01. The maximum Gasteiger partial charge on any atom is 0.224 e. The molecule has 2 saturated heterocycles. The molecule has 2 N–H and O–H groups in total. The Labute approximate surface area is 97.1 Å². The van der Waals surface area contributed by atoms with Gasteiger partial charge in [-0.25, -0.2) is 0 Å². The molecule has 0 aromatic carbocycles. The van der Waals surface area contributed by atoms with Gasteiger partial charge in [0, 0.05) is 19.2 Å². The summed E-state index contributed by atoms with van der Waals surface area (Å²) in [5.41, 5.74) is 0. The summed E-state index contributed by atoms with van der Waals surface area (Å²) in [7, 11) is 0. The highest BCUT2D eigenvalue weighted by molar-refractivity contribution is 5.79. The van der Waals surface area contributed by atoms with Crippen molar-refractivity contribution in [1.29, 1.82) is 0 Å². The number of carbonyl (C=O) groups excluding carboxylic acids is 1. The van der Waals surface area contributed by atoms with Gasteiger partial charge in [0.15, 0.2) is 0 Å². The maximum absolute atomic E-state index is 12.0. The van der Waals surface area contributed by atoms with Gasteiger partial charge >= 0.3 is 0 Å². The molecule has 3 atom stereocenters. The van der Waals surface area contributed by atoms with Crippen LogP contribution in [0.3, 0.4) is 0 Å². The molecule has 1 amide bonds. The van der Waals surface area contributed by atoms with Crippen molar-refractivity contribution in [1.82, 2.24) is 10.6 Å². The lowest BCUT2D eigenvalue weighted by molar-refractivity contribution is -0.127. The molecule has 2 heterocycles. The number of carbonyl (C=O) groups is 1. The van der Waals surface area contributed by atoms with Crippen molar-refractivity contribution in [3.8, 4) is 0 Å². The Kier molecular flexibility index (Phi) is 4.18. The molecule has 0 aromatic rings. The molecule has 92 valence electrons. The Bertz CT molecular complexity index is 231. The summed E-state index contributed by atoms with van der Waals surface area (Å²) >= 11 is 0. The third kappa shape index (κ3) is 3.19. The largest absolute Gasteiger partial charge is 0.379 e. The number of hydrogen-bond acceptors (Lipinski definition) is 3. The van der Waals surface area contributed by atoms with Gasteiger partial charge in [-0.05, 0) is 32.6 Å². The van der Waals surface area contributed by atoms with Gasteiger partial charge < -0.3 is 15.4 Å². The van der Waals surface area contributed by atoms with E-state index < -0.39 is 0 Å². The van der Waals surface area contributed by atoms with E-state index in [1.807, 2.05) is 0 Å². The number of nitrogens with one attached hydrogen (secondary N) is 2. The van der Waals surface area contributed by atoms with Crippen LogP contribution in [0.2, 0.25) is 0 Å². The quantitative estimate of drug-likeness (QED) is 0.727. The first kappa shape index (κ1) is 11.9. The summed E-state index contributed by atoms with van der Waals surface area (Å²) in [5, 5.41) is 6.46. The van der Waals surface area contributed by atoms with E-state index >= 15 is 0 Å². The third-order valence-electron chi connectivity index (χ3n) is 3.54. The van der Waals surface area contributed by atoms with Gasteiger partial charge in [-0.2, -0.15) is 0 Å². The van der Waals surface area contributed by atoms with Crippen LogP contribution in [0.15, 0.2) is 0 Å². The second-order valence-corrected chi connectivity index (χ2v) is 5.01. The lowest BCUT2D eigenvalue weighted by Crippen LogP contribution is -2.48. The fourth-order valence-corrected chi connectivity index (χ4v) is 2.40. The first-order chi connectivity index (χ1) is 7.75. The summed E-state index contributed by atoms with van der Waals surface area (Å²) in [6.07, 6.45) is 4.22. The van der Waals surface area contributed by atoms with Gasteiger partial charge in [-0.15, -0.1) is 0 Å². The molecule has 16 heavy (non-hydrogen) atoms. The molecular formula is C12H22N2O2. The number of hydrogen-bond donors (Lipinski definition) is 2. The fourth-order valence-electron chi connectivity index (χ4n) is 2.40. The second kappa shape index (κ2) is 5.64. The Morgan fingerprint density at radius 1 is 1.38 bits per heavy atom. The van der Waals surface area contributed by atoms with Crippen molar-refractivity contribution in [3.05, 3.63) is 0 Å². The van der Waals surface area contributed by atoms with E-state index in [-0.39, 0.29) is 17.9 Å². The number of amides is 1. The minimum absolute atomic E-state index is 0.151. The van der Waals surface area contributed by atoms with Gasteiger partial charge in [-0.3, -0.25) is 4.79 Å². The lowest BCUT2D eigenvalue weighted by atomic mass is 9.94. The molecule has 3 unspecified atom stereocenters. The van der Waals surface area contributed by atoms with E-state index in [9.17, 15) is 4.79 Å². The number of rotatable bonds is 2. The first-order valence-electron chi connectivity index (χ1n) is 6.37. The third-order valence-corrected chi connectivity index (χ3v) is 3.54. The Hall–Kier alpha value is -0.610. The van der Waals surface area contributed by atoms with Crippen molar-refractivity contribution in [2.45, 2.75) is 44.7 Å². The van der Waals surface area contributed by atoms with E-state index in [1.165, 1.54) is 0 Å². The van der Waals surface area contributed by atoms with Crippen molar-refractivity contribution in [2.75, 3.05) is 19.8 Å². The Morgan fingerprint density at radius 2 is 2.25 bits per heavy atom. The molecule has 0 aliphatic carbocycles. The zero-order valence-corrected chi connectivity index (χ0v) is 10.00. The Morgan fingerprint density at radius 3 is 2.88 bits per heavy atom. The molecule has 0 saturated carbocycles. The topological polar surface area (TPSA) is 50.4 Å². The molecule has 2 fully saturated rings. The van der Waals surface area contributed by atoms with Crippen LogP contribution in [0, 0.1) is 5.92 Å². The van der Waals surface area contributed by atoms with Crippen LogP contribution in [-0.2, 0) is 9.53 Å². The van der Waals surface area contributed by atoms with Gasteiger partial charge in [-0.1, -0.05) is 0 Å². The molecule has 4 nitrogen and oxygen atoms in total. The van der Waals surface area contributed by atoms with E-state index in [1.54, 1.807) is 0 Å². The molecule has 0 spiro atoms. The molecule has 2 aliphatic heterocycles. The van der Waals surface area contributed by atoms with Crippen LogP contribution in [0.4, 0.5) is 0 Å². The van der Waals surface area contributed by atoms with E-state index in [4.69, 9.17) is 4.74 Å². The highest BCUT2D eigenvalue weighted by Gasteiger charge is 2.26. The van der Waals surface area contributed by atoms with Crippen LogP contribution < -0.4 is 10.6 Å². The highest BCUT2D eigenvalue weighted by atomic mass is 16.5. The van der Waals surface area contributed by atoms with Crippen LogP contribution in [0.5, 0.6) is 0 Å². The average Bonchev–Trinajstić information content (AvgIpc) is 2.31. The van der Waals surface area contributed by atoms with Gasteiger partial charge in [0.2, 0.25) is 5.91 Å². The highest BCUT2D eigenvalue weighted by Crippen LogP contribution is 2.15. The molecule has 2 aliphatic rings. The van der Waals surface area contributed by atoms with Gasteiger partial charge in [0.05, 0.1) is 18.6 Å². The van der Waals surface area contributed by atoms with Gasteiger partial charge in [0.1, 0.15) is 0 Å². The standard InChI is InChI=1S/C12H22N2O2/c1-9-4-5-10(7-13-9)12(15)14-11-3-2-6-16-8-11/h9-11,13H,2-8H2,1H3,(H,14,15). The van der Waals surface area contributed by atoms with Crippen molar-refractivity contribution >= 4 is 5.91 Å². The normalized spacial score (nSPS) is 35.7. The number of ether oxygens (including phenoxy) is 1. The predicted octanol–water partition coefficient (Wildman–Crippen LogP) is 0.670. The molecular weight excluding hydrogens is 204 g/mol. The van der Waals surface area contributed by atoms with Crippen molar-refractivity contribution < 1.29 is 9.53 Å². The van der Waals surface area contributed by atoms with Crippen LogP contribution in [0.25, 0.3) is 0 Å². The summed E-state index contributed by atoms with van der Waals surface area (Å²) in [6, 6.07) is 0.794. The van der Waals surface area contributed by atoms with Crippen LogP contribution in [-0.4, -0.2) is 37.7 Å². The average molecular weight is 226 g/mol. The zero-order chi connectivity index (χ0) is 11.4.